The molecular formula is C10H16O3. The quantitative estimate of drug-likeness (QED) is 0.573. The summed E-state index contributed by atoms with van der Waals surface area (Å²) in [5, 5.41) is 9.76. The maximum atomic E-state index is 11.0. The van der Waals surface area contributed by atoms with E-state index in [9.17, 15) is 9.90 Å². The Kier molecular flexibility index (Phi) is 1.88. The van der Waals surface area contributed by atoms with Crippen molar-refractivity contribution in [2.24, 2.45) is 11.3 Å². The van der Waals surface area contributed by atoms with E-state index in [1.54, 1.807) is 0 Å². The Balaban J connectivity index is 2.15. The monoisotopic (exact) mass is 184 g/mol. The highest BCUT2D eigenvalue weighted by atomic mass is 16.6. The predicted molar refractivity (Wildman–Crippen MR) is 47.0 cm³/mol. The standard InChI is InChI=1S/C10H16O3/c1-10(2)4-6-3-8(12)13-9(6)7(11)5-10/h6-7,9,11H,3-5H2,1-2H3. The lowest BCUT2D eigenvalue weighted by Gasteiger charge is -2.39. The van der Waals surface area contributed by atoms with Crippen LogP contribution in [0.4, 0.5) is 0 Å². The molecule has 3 heteroatoms. The molecule has 0 aromatic heterocycles. The molecule has 0 aromatic rings. The van der Waals surface area contributed by atoms with Gasteiger partial charge in [-0.15, -0.1) is 0 Å². The van der Waals surface area contributed by atoms with Gasteiger partial charge in [0.2, 0.25) is 0 Å². The molecule has 2 aliphatic rings. The minimum atomic E-state index is -0.458. The number of aliphatic hydroxyl groups is 1. The first kappa shape index (κ1) is 9.00. The summed E-state index contributed by atoms with van der Waals surface area (Å²) in [5.74, 6) is 0.0954. The molecule has 1 aliphatic carbocycles. The molecule has 3 atom stereocenters. The second-order valence-corrected chi connectivity index (χ2v) is 5.06. The van der Waals surface area contributed by atoms with Gasteiger partial charge in [0.1, 0.15) is 6.10 Å². The highest BCUT2D eigenvalue weighted by Gasteiger charge is 2.47. The number of esters is 1. The van der Waals surface area contributed by atoms with Gasteiger partial charge in [0, 0.05) is 5.92 Å². The second kappa shape index (κ2) is 2.71. The van der Waals surface area contributed by atoms with Gasteiger partial charge in [-0.3, -0.25) is 4.79 Å². The van der Waals surface area contributed by atoms with Crippen LogP contribution in [0.2, 0.25) is 0 Å². The van der Waals surface area contributed by atoms with E-state index in [4.69, 9.17) is 4.74 Å². The Morgan fingerprint density at radius 2 is 2.15 bits per heavy atom. The van der Waals surface area contributed by atoms with Crippen molar-refractivity contribution < 1.29 is 14.6 Å². The van der Waals surface area contributed by atoms with Crippen LogP contribution in [0.3, 0.4) is 0 Å². The zero-order chi connectivity index (χ0) is 9.64. The number of rotatable bonds is 0. The molecule has 3 nitrogen and oxygen atoms in total. The zero-order valence-electron chi connectivity index (χ0n) is 8.12. The molecule has 1 aliphatic heterocycles. The summed E-state index contributed by atoms with van der Waals surface area (Å²) in [6.07, 6.45) is 1.54. The summed E-state index contributed by atoms with van der Waals surface area (Å²) in [5.41, 5.74) is 0.147. The highest BCUT2D eigenvalue weighted by molar-refractivity contribution is 5.72. The highest BCUT2D eigenvalue weighted by Crippen LogP contribution is 2.44. The first-order valence-corrected chi connectivity index (χ1v) is 4.85. The molecule has 1 saturated heterocycles. The van der Waals surface area contributed by atoms with Crippen LogP contribution >= 0.6 is 0 Å². The summed E-state index contributed by atoms with van der Waals surface area (Å²) >= 11 is 0. The van der Waals surface area contributed by atoms with Crippen molar-refractivity contribution >= 4 is 5.97 Å². The van der Waals surface area contributed by atoms with E-state index >= 15 is 0 Å². The van der Waals surface area contributed by atoms with Crippen LogP contribution in [0.15, 0.2) is 0 Å². The number of hydrogen-bond donors (Lipinski definition) is 1. The van der Waals surface area contributed by atoms with Gasteiger partial charge in [0.15, 0.2) is 0 Å². The van der Waals surface area contributed by atoms with Crippen LogP contribution in [-0.2, 0) is 9.53 Å². The van der Waals surface area contributed by atoms with Crippen molar-refractivity contribution in [1.29, 1.82) is 0 Å². The molecular weight excluding hydrogens is 168 g/mol. The van der Waals surface area contributed by atoms with E-state index in [-0.39, 0.29) is 23.4 Å². The van der Waals surface area contributed by atoms with Gasteiger partial charge in [0.05, 0.1) is 12.5 Å². The molecule has 13 heavy (non-hydrogen) atoms. The molecule has 2 rings (SSSR count). The number of ether oxygens (including phenoxy) is 1. The van der Waals surface area contributed by atoms with Crippen molar-refractivity contribution in [3.8, 4) is 0 Å². The largest absolute Gasteiger partial charge is 0.459 e. The first-order valence-electron chi connectivity index (χ1n) is 4.85. The number of hydrogen-bond acceptors (Lipinski definition) is 3. The maximum absolute atomic E-state index is 11.0. The molecule has 2 fully saturated rings. The fourth-order valence-electron chi connectivity index (χ4n) is 2.68. The van der Waals surface area contributed by atoms with Crippen LogP contribution in [0.25, 0.3) is 0 Å². The number of fused-ring (bicyclic) bond motifs is 1. The lowest BCUT2D eigenvalue weighted by Crippen LogP contribution is -2.42. The minimum absolute atomic E-state index is 0.147. The Hall–Kier alpha value is -0.570. The molecule has 0 bridgehead atoms. The van der Waals surface area contributed by atoms with Gasteiger partial charge in [-0.1, -0.05) is 13.8 Å². The second-order valence-electron chi connectivity index (χ2n) is 5.06. The van der Waals surface area contributed by atoms with E-state index in [1.165, 1.54) is 0 Å². The molecule has 3 unspecified atom stereocenters. The summed E-state index contributed by atoms with van der Waals surface area (Å²) < 4.78 is 5.08. The van der Waals surface area contributed by atoms with Gasteiger partial charge in [-0.05, 0) is 18.3 Å². The molecule has 1 heterocycles. The Morgan fingerprint density at radius 1 is 1.46 bits per heavy atom. The third-order valence-electron chi connectivity index (χ3n) is 3.12. The number of carbonyl (C=O) groups is 1. The van der Waals surface area contributed by atoms with Crippen LogP contribution in [-0.4, -0.2) is 23.3 Å². The molecule has 0 spiro atoms. The Labute approximate surface area is 78.1 Å². The van der Waals surface area contributed by atoms with Crippen LogP contribution < -0.4 is 0 Å². The SMILES string of the molecule is CC1(C)CC(O)C2OC(=O)CC2C1. The molecule has 1 saturated carbocycles. The Bertz CT molecular complexity index is 234. The lowest BCUT2D eigenvalue weighted by molar-refractivity contribution is -0.148. The van der Waals surface area contributed by atoms with E-state index < -0.39 is 6.10 Å². The van der Waals surface area contributed by atoms with Crippen LogP contribution in [0, 0.1) is 11.3 Å². The van der Waals surface area contributed by atoms with Gasteiger partial charge in [0.25, 0.3) is 0 Å². The average molecular weight is 184 g/mol. The van der Waals surface area contributed by atoms with Gasteiger partial charge < -0.3 is 9.84 Å². The molecule has 1 N–H and O–H groups in total. The molecule has 0 radical (unpaired) electrons. The van der Waals surface area contributed by atoms with E-state index in [0.717, 1.165) is 12.8 Å². The van der Waals surface area contributed by atoms with Gasteiger partial charge in [-0.25, -0.2) is 0 Å². The lowest BCUT2D eigenvalue weighted by atomic mass is 9.69. The summed E-state index contributed by atoms with van der Waals surface area (Å²) in [7, 11) is 0. The fraction of sp³-hybridized carbons (Fsp3) is 0.900. The average Bonchev–Trinajstić information content (AvgIpc) is 2.27. The summed E-state index contributed by atoms with van der Waals surface area (Å²) in [6, 6.07) is 0. The first-order chi connectivity index (χ1) is 5.98. The number of aliphatic hydroxyl groups excluding tert-OH is 1. The van der Waals surface area contributed by atoms with Crippen LogP contribution in [0.1, 0.15) is 33.1 Å². The Morgan fingerprint density at radius 3 is 2.85 bits per heavy atom. The topological polar surface area (TPSA) is 46.5 Å². The third-order valence-corrected chi connectivity index (χ3v) is 3.12. The van der Waals surface area contributed by atoms with Crippen molar-refractivity contribution in [2.45, 2.75) is 45.3 Å². The van der Waals surface area contributed by atoms with E-state index in [1.807, 2.05) is 0 Å². The smallest absolute Gasteiger partial charge is 0.306 e. The fourth-order valence-corrected chi connectivity index (χ4v) is 2.68. The van der Waals surface area contributed by atoms with Crippen molar-refractivity contribution in [3.63, 3.8) is 0 Å². The molecule has 0 amide bonds. The van der Waals surface area contributed by atoms with E-state index in [2.05, 4.69) is 13.8 Å². The van der Waals surface area contributed by atoms with Crippen molar-refractivity contribution in [1.82, 2.24) is 0 Å². The maximum Gasteiger partial charge on any atom is 0.306 e. The molecule has 0 aromatic carbocycles. The number of carbonyl (C=O) groups excluding carboxylic acids is 1. The van der Waals surface area contributed by atoms with Gasteiger partial charge in [-0.2, -0.15) is 0 Å². The summed E-state index contributed by atoms with van der Waals surface area (Å²) in [6.45, 7) is 4.27. The summed E-state index contributed by atoms with van der Waals surface area (Å²) in [4.78, 5) is 11.0. The van der Waals surface area contributed by atoms with Gasteiger partial charge >= 0.3 is 5.97 Å². The predicted octanol–water partition coefficient (Wildman–Crippen LogP) is 1.10. The van der Waals surface area contributed by atoms with Crippen molar-refractivity contribution in [3.05, 3.63) is 0 Å². The van der Waals surface area contributed by atoms with Crippen LogP contribution in [0.5, 0.6) is 0 Å². The van der Waals surface area contributed by atoms with Crippen molar-refractivity contribution in [2.75, 3.05) is 0 Å². The van der Waals surface area contributed by atoms with E-state index in [0.29, 0.717) is 6.42 Å². The third kappa shape index (κ3) is 1.57. The normalized spacial score (nSPS) is 42.7. The zero-order valence-corrected chi connectivity index (χ0v) is 8.12. The minimum Gasteiger partial charge on any atom is -0.459 e. The molecule has 74 valence electrons.